The van der Waals surface area contributed by atoms with Gasteiger partial charge in [0.25, 0.3) is 0 Å². The molecule has 2 N–H and O–H groups in total. The lowest BCUT2D eigenvalue weighted by Gasteiger charge is -2.22. The molecule has 0 atom stereocenters. The van der Waals surface area contributed by atoms with Crippen molar-refractivity contribution in [2.75, 3.05) is 23.9 Å². The first kappa shape index (κ1) is 11.1. The van der Waals surface area contributed by atoms with Crippen molar-refractivity contribution in [3.8, 4) is 0 Å². The van der Waals surface area contributed by atoms with Crippen LogP contribution >= 0.6 is 11.8 Å². The third-order valence-electron chi connectivity index (χ3n) is 2.03. The molecule has 0 amide bonds. The molecule has 0 radical (unpaired) electrons. The molecule has 0 aromatic carbocycles. The topological polar surface area (TPSA) is 55.0 Å². The number of nitrogens with zero attached hydrogens (tertiary/aromatic N) is 3. The zero-order valence-electron chi connectivity index (χ0n) is 8.98. The lowest BCUT2D eigenvalue weighted by molar-refractivity contribution is 0.734. The summed E-state index contributed by atoms with van der Waals surface area (Å²) >= 11 is 1.50. The Bertz CT molecular complexity index is 314. The minimum atomic E-state index is 0.402. The summed E-state index contributed by atoms with van der Waals surface area (Å²) in [5.74, 6) is 1.39. The SMILES string of the molecule is CSc1nc(N)cc(N(C)C(C)C)n1. The van der Waals surface area contributed by atoms with Gasteiger partial charge in [0.15, 0.2) is 5.16 Å². The fourth-order valence-electron chi connectivity index (χ4n) is 0.967. The van der Waals surface area contributed by atoms with Crippen LogP contribution in [0, 0.1) is 0 Å². The first-order valence-electron chi connectivity index (χ1n) is 4.46. The lowest BCUT2D eigenvalue weighted by Crippen LogP contribution is -2.26. The Morgan fingerprint density at radius 1 is 1.43 bits per heavy atom. The molecule has 0 fully saturated rings. The molecule has 0 aliphatic heterocycles. The van der Waals surface area contributed by atoms with Crippen LogP contribution in [0.1, 0.15) is 13.8 Å². The van der Waals surface area contributed by atoms with Gasteiger partial charge in [0.05, 0.1) is 0 Å². The van der Waals surface area contributed by atoms with Crippen LogP contribution in [-0.2, 0) is 0 Å². The van der Waals surface area contributed by atoms with Crippen LogP contribution in [-0.4, -0.2) is 29.3 Å². The van der Waals surface area contributed by atoms with E-state index in [1.807, 2.05) is 13.3 Å². The molecule has 4 nitrogen and oxygen atoms in total. The normalized spacial score (nSPS) is 10.6. The van der Waals surface area contributed by atoms with Crippen molar-refractivity contribution in [2.45, 2.75) is 25.0 Å². The van der Waals surface area contributed by atoms with Crippen molar-refractivity contribution < 1.29 is 0 Å². The second-order valence-electron chi connectivity index (χ2n) is 3.34. The number of anilines is 2. The van der Waals surface area contributed by atoms with Crippen LogP contribution in [0.3, 0.4) is 0 Å². The zero-order valence-corrected chi connectivity index (χ0v) is 9.80. The number of nitrogens with two attached hydrogens (primary N) is 1. The van der Waals surface area contributed by atoms with Gasteiger partial charge in [-0.3, -0.25) is 0 Å². The molecule has 1 aromatic rings. The number of hydrogen-bond donors (Lipinski definition) is 1. The smallest absolute Gasteiger partial charge is 0.191 e. The monoisotopic (exact) mass is 212 g/mol. The van der Waals surface area contributed by atoms with Crippen LogP contribution in [0.2, 0.25) is 0 Å². The van der Waals surface area contributed by atoms with E-state index in [1.165, 1.54) is 11.8 Å². The quantitative estimate of drug-likeness (QED) is 0.609. The number of nitrogen functional groups attached to an aromatic ring is 1. The van der Waals surface area contributed by atoms with Crippen LogP contribution < -0.4 is 10.6 Å². The van der Waals surface area contributed by atoms with Crippen molar-refractivity contribution >= 4 is 23.4 Å². The summed E-state index contributed by atoms with van der Waals surface area (Å²) in [7, 11) is 2.00. The first-order chi connectivity index (χ1) is 6.54. The van der Waals surface area contributed by atoms with E-state index in [9.17, 15) is 0 Å². The molecule has 78 valence electrons. The number of thioether (sulfide) groups is 1. The standard InChI is InChI=1S/C9H16N4S/c1-6(2)13(3)8-5-7(10)11-9(12-8)14-4/h5-6H,1-4H3,(H2,10,11,12). The molecule has 14 heavy (non-hydrogen) atoms. The van der Waals surface area contributed by atoms with Crippen molar-refractivity contribution in [2.24, 2.45) is 0 Å². The molecule has 0 spiro atoms. The molecule has 1 rings (SSSR count). The minimum Gasteiger partial charge on any atom is -0.383 e. The fraction of sp³-hybridized carbons (Fsp3) is 0.556. The highest BCUT2D eigenvalue weighted by Crippen LogP contribution is 2.18. The molecule has 0 aliphatic rings. The van der Waals surface area contributed by atoms with Crippen molar-refractivity contribution in [1.82, 2.24) is 9.97 Å². The predicted octanol–water partition coefficient (Wildman–Crippen LogP) is 1.63. The Morgan fingerprint density at radius 3 is 2.57 bits per heavy atom. The number of aromatic nitrogens is 2. The second kappa shape index (κ2) is 4.50. The summed E-state index contributed by atoms with van der Waals surface area (Å²) in [4.78, 5) is 10.5. The van der Waals surface area contributed by atoms with E-state index in [2.05, 4.69) is 28.7 Å². The number of hydrogen-bond acceptors (Lipinski definition) is 5. The van der Waals surface area contributed by atoms with Crippen LogP contribution in [0.15, 0.2) is 11.2 Å². The molecule has 1 heterocycles. The third-order valence-corrected chi connectivity index (χ3v) is 2.58. The summed E-state index contributed by atoms with van der Waals surface area (Å²) in [6, 6.07) is 2.19. The van der Waals surface area contributed by atoms with Gasteiger partial charge in [0.1, 0.15) is 11.6 Å². The van der Waals surface area contributed by atoms with Gasteiger partial charge >= 0.3 is 0 Å². The van der Waals surface area contributed by atoms with Crippen molar-refractivity contribution in [3.05, 3.63) is 6.07 Å². The average molecular weight is 212 g/mol. The maximum Gasteiger partial charge on any atom is 0.191 e. The van der Waals surface area contributed by atoms with E-state index in [0.29, 0.717) is 17.0 Å². The summed E-state index contributed by atoms with van der Waals surface area (Å²) in [6.45, 7) is 4.22. The van der Waals surface area contributed by atoms with Gasteiger partial charge in [0, 0.05) is 19.2 Å². The Labute approximate surface area is 88.9 Å². The van der Waals surface area contributed by atoms with Crippen LogP contribution in [0.5, 0.6) is 0 Å². The molecule has 5 heteroatoms. The highest BCUT2D eigenvalue weighted by molar-refractivity contribution is 7.98. The third kappa shape index (κ3) is 2.51. The van der Waals surface area contributed by atoms with E-state index in [4.69, 9.17) is 5.73 Å². The predicted molar refractivity (Wildman–Crippen MR) is 61.8 cm³/mol. The molecule has 0 unspecified atom stereocenters. The highest BCUT2D eigenvalue weighted by Gasteiger charge is 2.08. The maximum atomic E-state index is 5.68. The molecule has 0 saturated heterocycles. The van der Waals surface area contributed by atoms with Crippen LogP contribution in [0.25, 0.3) is 0 Å². The van der Waals surface area contributed by atoms with E-state index in [-0.39, 0.29) is 0 Å². The Balaban J connectivity index is 3.02. The van der Waals surface area contributed by atoms with E-state index in [1.54, 1.807) is 6.07 Å². The van der Waals surface area contributed by atoms with Crippen LogP contribution in [0.4, 0.5) is 11.6 Å². The lowest BCUT2D eigenvalue weighted by atomic mass is 10.3. The molecule has 0 aliphatic carbocycles. The molecule has 1 aromatic heterocycles. The summed E-state index contributed by atoms with van der Waals surface area (Å²) in [5.41, 5.74) is 5.68. The first-order valence-corrected chi connectivity index (χ1v) is 5.68. The molecule has 0 bridgehead atoms. The van der Waals surface area contributed by atoms with Gasteiger partial charge in [-0.25, -0.2) is 9.97 Å². The van der Waals surface area contributed by atoms with Gasteiger partial charge in [-0.1, -0.05) is 11.8 Å². The van der Waals surface area contributed by atoms with Gasteiger partial charge in [-0.2, -0.15) is 0 Å². The van der Waals surface area contributed by atoms with Gasteiger partial charge in [0.2, 0.25) is 0 Å². The van der Waals surface area contributed by atoms with E-state index >= 15 is 0 Å². The van der Waals surface area contributed by atoms with Gasteiger partial charge in [-0.15, -0.1) is 0 Å². The molecular weight excluding hydrogens is 196 g/mol. The Kier molecular flexibility index (Phi) is 3.57. The fourth-order valence-corrected chi connectivity index (χ4v) is 1.35. The van der Waals surface area contributed by atoms with E-state index in [0.717, 1.165) is 5.82 Å². The molecular formula is C9H16N4S. The second-order valence-corrected chi connectivity index (χ2v) is 4.12. The Hall–Kier alpha value is -0.970. The maximum absolute atomic E-state index is 5.68. The number of rotatable bonds is 3. The molecule has 0 saturated carbocycles. The van der Waals surface area contributed by atoms with Gasteiger partial charge < -0.3 is 10.6 Å². The van der Waals surface area contributed by atoms with Crippen molar-refractivity contribution in [1.29, 1.82) is 0 Å². The minimum absolute atomic E-state index is 0.402. The Morgan fingerprint density at radius 2 is 2.07 bits per heavy atom. The zero-order chi connectivity index (χ0) is 10.7. The largest absolute Gasteiger partial charge is 0.383 e. The van der Waals surface area contributed by atoms with Gasteiger partial charge in [-0.05, 0) is 20.1 Å². The average Bonchev–Trinajstić information content (AvgIpc) is 2.15. The summed E-state index contributed by atoms with van der Waals surface area (Å²) in [5, 5.41) is 0.715. The highest BCUT2D eigenvalue weighted by atomic mass is 32.2. The van der Waals surface area contributed by atoms with Crippen molar-refractivity contribution in [3.63, 3.8) is 0 Å². The summed E-state index contributed by atoms with van der Waals surface area (Å²) in [6.07, 6.45) is 1.94. The summed E-state index contributed by atoms with van der Waals surface area (Å²) < 4.78 is 0. The van der Waals surface area contributed by atoms with E-state index < -0.39 is 0 Å².